The molecule has 286 valence electrons. The highest BCUT2D eigenvalue weighted by molar-refractivity contribution is 6.16. The molecule has 6 aromatic carbocycles. The van der Waals surface area contributed by atoms with Gasteiger partial charge in [0.05, 0.1) is 44.4 Å². The van der Waals surface area contributed by atoms with Crippen LogP contribution in [0.3, 0.4) is 0 Å². The summed E-state index contributed by atoms with van der Waals surface area (Å²) >= 11 is 0. The van der Waals surface area contributed by atoms with E-state index in [1.807, 2.05) is 18.2 Å². The van der Waals surface area contributed by atoms with E-state index in [0.29, 0.717) is 11.1 Å². The van der Waals surface area contributed by atoms with Gasteiger partial charge in [0.2, 0.25) is 0 Å². The van der Waals surface area contributed by atoms with Crippen molar-refractivity contribution in [2.24, 2.45) is 0 Å². The maximum Gasteiger partial charge on any atom is 0.160 e. The summed E-state index contributed by atoms with van der Waals surface area (Å²) in [7, 11) is 0. The summed E-state index contributed by atoms with van der Waals surface area (Å²) < 4.78 is 11.6. The van der Waals surface area contributed by atoms with Crippen molar-refractivity contribution in [1.29, 1.82) is 5.26 Å². The van der Waals surface area contributed by atoms with Crippen molar-refractivity contribution in [2.75, 3.05) is 0 Å². The molecule has 4 heteroatoms. The van der Waals surface area contributed by atoms with Crippen LogP contribution in [0.2, 0.25) is 0 Å². The normalized spacial score (nSPS) is 13.2. The number of benzene rings is 6. The van der Waals surface area contributed by atoms with Gasteiger partial charge in [-0.1, -0.05) is 126 Å². The summed E-state index contributed by atoms with van der Waals surface area (Å²) in [6, 6.07) is 40.7. The highest BCUT2D eigenvalue weighted by Crippen LogP contribution is 2.45. The second-order valence-electron chi connectivity index (χ2n) is 20.3. The van der Waals surface area contributed by atoms with Gasteiger partial charge >= 0.3 is 0 Å². The largest absolute Gasteiger partial charge is 0.454 e. The average Bonchev–Trinajstić information content (AvgIpc) is 3.80. The number of furan rings is 1. The molecule has 9 rings (SSSR count). The Bertz CT molecular complexity index is 3020. The van der Waals surface area contributed by atoms with E-state index in [1.165, 1.54) is 43.8 Å². The van der Waals surface area contributed by atoms with E-state index in [-0.39, 0.29) is 21.7 Å². The highest BCUT2D eigenvalue weighted by Gasteiger charge is 2.28. The van der Waals surface area contributed by atoms with Gasteiger partial charge in [-0.05, 0) is 105 Å². The molecule has 0 aliphatic carbocycles. The Balaban J connectivity index is 1.48. The summed E-state index contributed by atoms with van der Waals surface area (Å²) in [5.41, 5.74) is 13.2. The first-order valence-corrected chi connectivity index (χ1v) is 20.3. The second kappa shape index (κ2) is 12.1. The minimum absolute atomic E-state index is 0.0197. The molecule has 0 saturated carbocycles. The smallest absolute Gasteiger partial charge is 0.160 e. The van der Waals surface area contributed by atoms with E-state index in [2.05, 4.69) is 183 Å². The third kappa shape index (κ3) is 5.69. The average molecular weight is 748 g/mol. The Labute approximate surface area is 336 Å². The zero-order valence-electron chi connectivity index (χ0n) is 35.6. The number of nitrogens with zero attached hydrogens (tertiary/aromatic N) is 3. The molecule has 4 nitrogen and oxygen atoms in total. The predicted octanol–water partition coefficient (Wildman–Crippen LogP) is 14.8. The third-order valence-electron chi connectivity index (χ3n) is 12.2. The number of para-hydroxylation sites is 1. The van der Waals surface area contributed by atoms with Crippen molar-refractivity contribution in [1.82, 2.24) is 9.13 Å². The maximum atomic E-state index is 11.3. The van der Waals surface area contributed by atoms with E-state index in [9.17, 15) is 5.26 Å². The molecule has 0 aliphatic heterocycles. The third-order valence-corrected chi connectivity index (χ3v) is 12.2. The molecule has 0 spiro atoms. The van der Waals surface area contributed by atoms with Crippen molar-refractivity contribution in [3.05, 3.63) is 131 Å². The van der Waals surface area contributed by atoms with E-state index >= 15 is 0 Å². The molecular formula is C53H53N3O. The zero-order valence-corrected chi connectivity index (χ0v) is 35.6. The van der Waals surface area contributed by atoms with Gasteiger partial charge in [-0.2, -0.15) is 5.26 Å². The first-order valence-electron chi connectivity index (χ1n) is 20.3. The van der Waals surface area contributed by atoms with Gasteiger partial charge in [0, 0.05) is 26.9 Å². The Kier molecular flexibility index (Phi) is 7.82. The molecule has 0 bridgehead atoms. The first-order chi connectivity index (χ1) is 26.8. The van der Waals surface area contributed by atoms with E-state index in [1.54, 1.807) is 0 Å². The second-order valence-corrected chi connectivity index (χ2v) is 20.3. The predicted molar refractivity (Wildman–Crippen MR) is 242 cm³/mol. The van der Waals surface area contributed by atoms with E-state index in [4.69, 9.17) is 4.42 Å². The standard InChI is InChI=1S/C53H53N3O/c1-50(2,3)31-17-21-41-36(25-31)37-26-32(51(4,5)6)18-22-42(37)55(41)45-29-46(49-48(40(45)30-54)35-15-13-14-16-47(35)57-49)56-43-23-19-33(52(7,8)9)27-38(43)39-28-34(53(10,11)12)20-24-44(39)56/h13-29H,1-12H3. The fraction of sp³-hybridized carbons (Fsp3) is 0.302. The number of nitriles is 1. The number of aromatic nitrogens is 2. The Hall–Kier alpha value is -5.79. The van der Waals surface area contributed by atoms with Crippen LogP contribution in [-0.4, -0.2) is 9.13 Å². The van der Waals surface area contributed by atoms with Gasteiger partial charge in [-0.3, -0.25) is 0 Å². The number of hydrogen-bond acceptors (Lipinski definition) is 2. The molecule has 0 unspecified atom stereocenters. The van der Waals surface area contributed by atoms with Crippen LogP contribution in [0.1, 0.15) is 111 Å². The lowest BCUT2D eigenvalue weighted by molar-refractivity contribution is 0.590. The quantitative estimate of drug-likeness (QED) is 0.177. The Morgan fingerprint density at radius 3 is 1.18 bits per heavy atom. The van der Waals surface area contributed by atoms with Crippen LogP contribution < -0.4 is 0 Å². The topological polar surface area (TPSA) is 46.8 Å². The van der Waals surface area contributed by atoms with Crippen LogP contribution in [0.4, 0.5) is 0 Å². The van der Waals surface area contributed by atoms with Gasteiger partial charge in [0.1, 0.15) is 11.7 Å². The summed E-state index contributed by atoms with van der Waals surface area (Å²) in [5.74, 6) is 0. The van der Waals surface area contributed by atoms with Crippen LogP contribution >= 0.6 is 0 Å². The van der Waals surface area contributed by atoms with Crippen LogP contribution in [0.25, 0.3) is 76.9 Å². The summed E-state index contributed by atoms with van der Waals surface area (Å²) in [4.78, 5) is 0. The minimum atomic E-state index is -0.0277. The van der Waals surface area contributed by atoms with Crippen molar-refractivity contribution in [3.8, 4) is 17.4 Å². The van der Waals surface area contributed by atoms with Crippen molar-refractivity contribution in [2.45, 2.75) is 105 Å². The highest BCUT2D eigenvalue weighted by atomic mass is 16.3. The van der Waals surface area contributed by atoms with Crippen LogP contribution in [0, 0.1) is 11.3 Å². The molecule has 0 N–H and O–H groups in total. The van der Waals surface area contributed by atoms with Crippen molar-refractivity contribution >= 4 is 65.6 Å². The van der Waals surface area contributed by atoms with Crippen molar-refractivity contribution in [3.63, 3.8) is 0 Å². The van der Waals surface area contributed by atoms with E-state index < -0.39 is 0 Å². The molecule has 3 aromatic heterocycles. The molecular weight excluding hydrogens is 695 g/mol. The zero-order chi connectivity index (χ0) is 40.6. The fourth-order valence-electron chi connectivity index (χ4n) is 8.76. The van der Waals surface area contributed by atoms with Gasteiger partial charge in [0.25, 0.3) is 0 Å². The number of fused-ring (bicyclic) bond motifs is 9. The van der Waals surface area contributed by atoms with Gasteiger partial charge in [-0.25, -0.2) is 0 Å². The molecule has 3 heterocycles. The molecule has 57 heavy (non-hydrogen) atoms. The first kappa shape index (κ1) is 36.8. The lowest BCUT2D eigenvalue weighted by Crippen LogP contribution is -2.10. The number of rotatable bonds is 2. The summed E-state index contributed by atoms with van der Waals surface area (Å²) in [5, 5.41) is 17.9. The molecule has 0 saturated heterocycles. The molecule has 0 amide bonds. The molecule has 0 atom stereocenters. The van der Waals surface area contributed by atoms with Gasteiger partial charge < -0.3 is 13.6 Å². The SMILES string of the molecule is CC(C)(C)c1ccc2c(c1)c1cc(C(C)(C)C)ccc1n2-c1cc(-n2c3ccc(C(C)(C)C)cc3c3cc(C(C)(C)C)ccc32)c2oc3ccccc3c2c1C#N. The minimum Gasteiger partial charge on any atom is -0.454 e. The Morgan fingerprint density at radius 1 is 0.439 bits per heavy atom. The summed E-state index contributed by atoms with van der Waals surface area (Å²) in [6.45, 7) is 27.3. The number of hydrogen-bond donors (Lipinski definition) is 0. The molecule has 0 aliphatic rings. The van der Waals surface area contributed by atoms with Crippen LogP contribution in [-0.2, 0) is 21.7 Å². The van der Waals surface area contributed by atoms with Gasteiger partial charge in [-0.15, -0.1) is 0 Å². The van der Waals surface area contributed by atoms with Crippen LogP contribution in [0.15, 0.2) is 108 Å². The van der Waals surface area contributed by atoms with Crippen molar-refractivity contribution < 1.29 is 4.42 Å². The molecule has 0 radical (unpaired) electrons. The van der Waals surface area contributed by atoms with Gasteiger partial charge in [0.15, 0.2) is 5.58 Å². The summed E-state index contributed by atoms with van der Waals surface area (Å²) in [6.07, 6.45) is 0. The Morgan fingerprint density at radius 2 is 0.807 bits per heavy atom. The van der Waals surface area contributed by atoms with E-state index in [0.717, 1.165) is 49.8 Å². The lowest BCUT2D eigenvalue weighted by Gasteiger charge is -2.20. The monoisotopic (exact) mass is 747 g/mol. The maximum absolute atomic E-state index is 11.3. The molecule has 0 fully saturated rings. The molecule has 9 aromatic rings. The lowest BCUT2D eigenvalue weighted by atomic mass is 9.85. The fourth-order valence-corrected chi connectivity index (χ4v) is 8.76. The van der Waals surface area contributed by atoms with Crippen LogP contribution in [0.5, 0.6) is 0 Å².